The summed E-state index contributed by atoms with van der Waals surface area (Å²) in [5.41, 5.74) is 0. The van der Waals surface area contributed by atoms with Crippen molar-refractivity contribution in [3.63, 3.8) is 0 Å². The third kappa shape index (κ3) is 0.975. The van der Waals surface area contributed by atoms with Gasteiger partial charge in [-0.2, -0.15) is 0 Å². The van der Waals surface area contributed by atoms with E-state index in [2.05, 4.69) is 0 Å². The van der Waals surface area contributed by atoms with Crippen LogP contribution in [0.3, 0.4) is 0 Å². The van der Waals surface area contributed by atoms with Gasteiger partial charge in [-0.1, -0.05) is 12.2 Å². The normalized spacial score (nSPS) is 19.0. The molecule has 5 heteroatoms. The Morgan fingerprint density at radius 1 is 1.80 bits per heavy atom. The summed E-state index contributed by atoms with van der Waals surface area (Å²) in [6, 6.07) is -0.201. The Morgan fingerprint density at radius 2 is 2.40 bits per heavy atom. The van der Waals surface area contributed by atoms with Gasteiger partial charge in [-0.15, -0.1) is 0 Å². The Hall–Kier alpha value is -0.680. The zero-order valence-corrected chi connectivity index (χ0v) is 6.52. The minimum Gasteiger partial charge on any atom is -0.317 e. The average Bonchev–Trinajstić information content (AvgIpc) is 2.17. The SMILES string of the molecule is CCN1CC(=S)N(N)C1=O. The number of carbonyl (C=O) groups is 1. The Balaban J connectivity index is 2.71. The van der Waals surface area contributed by atoms with Gasteiger partial charge in [0.15, 0.2) is 0 Å². The molecule has 1 heterocycles. The molecule has 2 amide bonds. The van der Waals surface area contributed by atoms with Crippen LogP contribution in [0.15, 0.2) is 0 Å². The average molecular weight is 159 g/mol. The molecule has 0 aromatic heterocycles. The summed E-state index contributed by atoms with van der Waals surface area (Å²) in [6.07, 6.45) is 0. The van der Waals surface area contributed by atoms with E-state index < -0.39 is 0 Å². The molecular weight excluding hydrogens is 150 g/mol. The molecule has 2 N–H and O–H groups in total. The van der Waals surface area contributed by atoms with Crippen LogP contribution in [0, 0.1) is 0 Å². The van der Waals surface area contributed by atoms with Gasteiger partial charge in [-0.25, -0.2) is 15.6 Å². The molecular formula is C5H9N3OS. The second-order valence-electron chi connectivity index (χ2n) is 2.06. The summed E-state index contributed by atoms with van der Waals surface area (Å²) in [4.78, 5) is 13.1. The molecule has 0 spiro atoms. The fourth-order valence-corrected chi connectivity index (χ4v) is 1.05. The minimum atomic E-state index is -0.201. The van der Waals surface area contributed by atoms with E-state index in [9.17, 15) is 4.79 Å². The maximum absolute atomic E-state index is 11.0. The van der Waals surface area contributed by atoms with Gasteiger partial charge in [-0.05, 0) is 6.92 Å². The summed E-state index contributed by atoms with van der Waals surface area (Å²) < 4.78 is 0. The molecule has 10 heavy (non-hydrogen) atoms. The van der Waals surface area contributed by atoms with Crippen molar-refractivity contribution in [3.05, 3.63) is 0 Å². The first-order valence-corrected chi connectivity index (χ1v) is 3.44. The van der Waals surface area contributed by atoms with Gasteiger partial charge in [0.2, 0.25) is 0 Å². The summed E-state index contributed by atoms with van der Waals surface area (Å²) >= 11 is 4.80. The molecule has 0 atom stereocenters. The smallest absolute Gasteiger partial charge is 0.317 e. The predicted octanol–water partition coefficient (Wildman–Crippen LogP) is -0.0550. The number of nitrogens with two attached hydrogens (primary N) is 1. The highest BCUT2D eigenvalue weighted by molar-refractivity contribution is 7.80. The van der Waals surface area contributed by atoms with Crippen LogP contribution in [0.2, 0.25) is 0 Å². The van der Waals surface area contributed by atoms with Crippen molar-refractivity contribution in [1.82, 2.24) is 9.91 Å². The number of carbonyl (C=O) groups excluding carboxylic acids is 1. The summed E-state index contributed by atoms with van der Waals surface area (Å²) in [7, 11) is 0. The number of hydrogen-bond acceptors (Lipinski definition) is 3. The van der Waals surface area contributed by atoms with Crippen molar-refractivity contribution in [3.8, 4) is 0 Å². The lowest BCUT2D eigenvalue weighted by atomic mass is 10.6. The Kier molecular flexibility index (Phi) is 1.87. The van der Waals surface area contributed by atoms with Gasteiger partial charge < -0.3 is 4.90 Å². The number of urea groups is 1. The van der Waals surface area contributed by atoms with Gasteiger partial charge in [0.25, 0.3) is 0 Å². The number of hydrogen-bond donors (Lipinski definition) is 1. The van der Waals surface area contributed by atoms with E-state index in [1.165, 1.54) is 0 Å². The van der Waals surface area contributed by atoms with Crippen LogP contribution in [0.5, 0.6) is 0 Å². The second-order valence-corrected chi connectivity index (χ2v) is 2.53. The summed E-state index contributed by atoms with van der Waals surface area (Å²) in [5, 5.41) is 1.01. The standard InChI is InChI=1S/C5H9N3OS/c1-2-7-3-4(10)8(6)5(7)9/h2-3,6H2,1H3. The van der Waals surface area contributed by atoms with Crippen molar-refractivity contribution in [1.29, 1.82) is 0 Å². The zero-order valence-electron chi connectivity index (χ0n) is 5.70. The number of thiocarbonyl (C=S) groups is 1. The third-order valence-corrected chi connectivity index (χ3v) is 1.78. The van der Waals surface area contributed by atoms with E-state index in [-0.39, 0.29) is 6.03 Å². The molecule has 0 unspecified atom stereocenters. The van der Waals surface area contributed by atoms with E-state index in [1.54, 1.807) is 4.90 Å². The maximum Gasteiger partial charge on any atom is 0.339 e. The monoisotopic (exact) mass is 159 g/mol. The first-order chi connectivity index (χ1) is 4.66. The minimum absolute atomic E-state index is 0.201. The van der Waals surface area contributed by atoms with Gasteiger partial charge >= 0.3 is 6.03 Å². The molecule has 1 aliphatic heterocycles. The topological polar surface area (TPSA) is 49.6 Å². The largest absolute Gasteiger partial charge is 0.339 e. The molecule has 0 aromatic rings. The molecule has 1 aliphatic rings. The Labute approximate surface area is 64.5 Å². The first kappa shape index (κ1) is 7.43. The highest BCUT2D eigenvalue weighted by atomic mass is 32.1. The number of likely N-dealkylation sites (N-methyl/N-ethyl adjacent to an activating group) is 1. The van der Waals surface area contributed by atoms with Crippen molar-refractivity contribution >= 4 is 23.2 Å². The van der Waals surface area contributed by atoms with Crippen LogP contribution < -0.4 is 5.84 Å². The van der Waals surface area contributed by atoms with Gasteiger partial charge in [-0.3, -0.25) is 0 Å². The fraction of sp³-hybridized carbons (Fsp3) is 0.600. The molecule has 1 saturated heterocycles. The lowest BCUT2D eigenvalue weighted by Gasteiger charge is -2.10. The quantitative estimate of drug-likeness (QED) is 0.331. The second kappa shape index (κ2) is 2.51. The molecule has 1 rings (SSSR count). The van der Waals surface area contributed by atoms with E-state index in [4.69, 9.17) is 18.1 Å². The first-order valence-electron chi connectivity index (χ1n) is 3.03. The van der Waals surface area contributed by atoms with Crippen LogP contribution in [-0.2, 0) is 0 Å². The Morgan fingerprint density at radius 3 is 2.60 bits per heavy atom. The predicted molar refractivity (Wildman–Crippen MR) is 41.3 cm³/mol. The molecule has 0 aliphatic carbocycles. The van der Waals surface area contributed by atoms with Crippen LogP contribution in [0.1, 0.15) is 6.92 Å². The molecule has 56 valence electrons. The Bertz CT molecular complexity index is 182. The van der Waals surface area contributed by atoms with Crippen molar-refractivity contribution in [2.75, 3.05) is 13.1 Å². The fourth-order valence-electron chi connectivity index (χ4n) is 0.813. The highest BCUT2D eigenvalue weighted by Gasteiger charge is 2.29. The van der Waals surface area contributed by atoms with E-state index in [1.807, 2.05) is 6.92 Å². The van der Waals surface area contributed by atoms with Crippen LogP contribution in [-0.4, -0.2) is 34.0 Å². The third-order valence-electron chi connectivity index (χ3n) is 1.45. The van der Waals surface area contributed by atoms with Crippen molar-refractivity contribution in [2.24, 2.45) is 5.84 Å². The molecule has 0 saturated carbocycles. The molecule has 0 aromatic carbocycles. The van der Waals surface area contributed by atoms with Gasteiger partial charge in [0.05, 0.1) is 6.54 Å². The number of rotatable bonds is 1. The van der Waals surface area contributed by atoms with E-state index in [0.717, 1.165) is 5.01 Å². The lowest BCUT2D eigenvalue weighted by molar-refractivity contribution is 0.199. The van der Waals surface area contributed by atoms with Crippen LogP contribution in [0.25, 0.3) is 0 Å². The molecule has 1 fully saturated rings. The lowest BCUT2D eigenvalue weighted by Crippen LogP contribution is -2.37. The summed E-state index contributed by atoms with van der Waals surface area (Å²) in [5.74, 6) is 5.29. The summed E-state index contributed by atoms with van der Waals surface area (Å²) in [6.45, 7) is 3.04. The van der Waals surface area contributed by atoms with Gasteiger partial charge in [0, 0.05) is 6.54 Å². The maximum atomic E-state index is 11.0. The number of hydrazine groups is 1. The van der Waals surface area contributed by atoms with E-state index >= 15 is 0 Å². The number of amides is 2. The van der Waals surface area contributed by atoms with Crippen molar-refractivity contribution < 1.29 is 4.79 Å². The van der Waals surface area contributed by atoms with Gasteiger partial charge in [0.1, 0.15) is 4.99 Å². The van der Waals surface area contributed by atoms with Crippen molar-refractivity contribution in [2.45, 2.75) is 6.92 Å². The molecule has 4 nitrogen and oxygen atoms in total. The molecule has 0 radical (unpaired) electrons. The van der Waals surface area contributed by atoms with Crippen LogP contribution >= 0.6 is 12.2 Å². The zero-order chi connectivity index (χ0) is 7.72. The highest BCUT2D eigenvalue weighted by Crippen LogP contribution is 2.05. The molecule has 0 bridgehead atoms. The number of nitrogens with zero attached hydrogens (tertiary/aromatic N) is 2. The van der Waals surface area contributed by atoms with Crippen LogP contribution in [0.4, 0.5) is 4.79 Å². The van der Waals surface area contributed by atoms with E-state index in [0.29, 0.717) is 18.1 Å².